The minimum atomic E-state index is -0.570. The van der Waals surface area contributed by atoms with Gasteiger partial charge < -0.3 is 5.32 Å². The van der Waals surface area contributed by atoms with Crippen molar-refractivity contribution in [3.05, 3.63) is 83.0 Å². The van der Waals surface area contributed by atoms with E-state index in [0.29, 0.717) is 15.9 Å². The van der Waals surface area contributed by atoms with Crippen molar-refractivity contribution in [1.29, 1.82) is 0 Å². The lowest BCUT2D eigenvalue weighted by Gasteiger charge is -2.07. The number of halogens is 2. The molecule has 0 aliphatic heterocycles. The van der Waals surface area contributed by atoms with Crippen LogP contribution in [0.15, 0.2) is 71.6 Å². The zero-order chi connectivity index (χ0) is 18.1. The number of carbonyl (C=O) groups is 1. The fourth-order valence-corrected chi connectivity index (χ4v) is 2.92. The number of nitrogens with zero attached hydrogens (tertiary/aromatic N) is 3. The Kier molecular flexibility index (Phi) is 4.22. The number of imidazole rings is 1. The van der Waals surface area contributed by atoms with Gasteiger partial charge in [0.05, 0.1) is 11.3 Å². The van der Waals surface area contributed by atoms with E-state index in [0.717, 1.165) is 11.3 Å². The topological polar surface area (TPSA) is 59.3 Å². The average Bonchev–Trinajstić information content (AvgIpc) is 3.08. The molecule has 4 aromatic rings. The summed E-state index contributed by atoms with van der Waals surface area (Å²) in [6.45, 7) is 0. The van der Waals surface area contributed by atoms with Crippen molar-refractivity contribution in [2.45, 2.75) is 0 Å². The van der Waals surface area contributed by atoms with Crippen LogP contribution in [0.4, 0.5) is 10.1 Å². The van der Waals surface area contributed by atoms with Crippen LogP contribution in [0.5, 0.6) is 0 Å². The Hall–Kier alpha value is -3.06. The summed E-state index contributed by atoms with van der Waals surface area (Å²) in [6.07, 6.45) is 5.44. The zero-order valence-electron chi connectivity index (χ0n) is 13.4. The molecule has 4 rings (SSSR count). The highest BCUT2D eigenvalue weighted by Crippen LogP contribution is 2.22. The average molecular weight is 411 g/mol. The molecule has 0 aliphatic rings. The Balaban J connectivity index is 1.56. The molecular weight excluding hydrogens is 399 g/mol. The number of nitrogens with one attached hydrogen (secondary N) is 1. The molecule has 128 valence electrons. The molecule has 0 bridgehead atoms. The lowest BCUT2D eigenvalue weighted by Crippen LogP contribution is -2.13. The fraction of sp³-hybridized carbons (Fsp3) is 0. The Morgan fingerprint density at radius 3 is 2.73 bits per heavy atom. The van der Waals surface area contributed by atoms with Crippen molar-refractivity contribution < 1.29 is 9.18 Å². The monoisotopic (exact) mass is 410 g/mol. The van der Waals surface area contributed by atoms with Gasteiger partial charge in [0.2, 0.25) is 5.78 Å². The van der Waals surface area contributed by atoms with Crippen LogP contribution in [0.1, 0.15) is 10.4 Å². The molecule has 5 nitrogen and oxygen atoms in total. The summed E-state index contributed by atoms with van der Waals surface area (Å²) in [5.41, 5.74) is 2.22. The van der Waals surface area contributed by atoms with Gasteiger partial charge >= 0.3 is 0 Å². The van der Waals surface area contributed by atoms with Gasteiger partial charge in [-0.25, -0.2) is 14.4 Å². The van der Waals surface area contributed by atoms with Gasteiger partial charge in [-0.05, 0) is 36.4 Å². The van der Waals surface area contributed by atoms with E-state index in [1.165, 1.54) is 12.1 Å². The molecule has 0 atom stereocenters. The Morgan fingerprint density at radius 1 is 1.15 bits per heavy atom. The van der Waals surface area contributed by atoms with Crippen molar-refractivity contribution >= 4 is 33.3 Å². The molecule has 0 aliphatic carbocycles. The van der Waals surface area contributed by atoms with E-state index in [2.05, 4.69) is 31.2 Å². The maximum absolute atomic E-state index is 13.8. The molecule has 2 aromatic heterocycles. The van der Waals surface area contributed by atoms with E-state index < -0.39 is 11.7 Å². The molecule has 26 heavy (non-hydrogen) atoms. The largest absolute Gasteiger partial charge is 0.322 e. The molecule has 1 amide bonds. The smallest absolute Gasteiger partial charge is 0.258 e. The number of anilines is 1. The van der Waals surface area contributed by atoms with Gasteiger partial charge in [0.25, 0.3) is 5.91 Å². The van der Waals surface area contributed by atoms with Crippen LogP contribution in [-0.4, -0.2) is 20.3 Å². The molecule has 0 spiro atoms. The predicted molar refractivity (Wildman–Crippen MR) is 100 cm³/mol. The highest BCUT2D eigenvalue weighted by atomic mass is 79.9. The van der Waals surface area contributed by atoms with E-state index in [-0.39, 0.29) is 5.56 Å². The SMILES string of the molecule is O=C(Nc1ccc(-c2cn3cccnc3n2)cc1)c1cc(Br)ccc1F. The van der Waals surface area contributed by atoms with Gasteiger partial charge in [-0.15, -0.1) is 0 Å². The first-order valence-corrected chi connectivity index (χ1v) is 8.56. The standard InChI is InChI=1S/C19H12BrFN4O/c20-13-4-7-16(21)15(10-13)18(26)23-14-5-2-12(3-6-14)17-11-25-9-1-8-22-19(25)24-17/h1-11H,(H,23,26). The number of aromatic nitrogens is 3. The van der Waals surface area contributed by atoms with Crippen LogP contribution in [-0.2, 0) is 0 Å². The summed E-state index contributed by atoms with van der Waals surface area (Å²) in [5, 5.41) is 2.69. The highest BCUT2D eigenvalue weighted by molar-refractivity contribution is 9.10. The third-order valence-electron chi connectivity index (χ3n) is 3.85. The molecule has 0 radical (unpaired) electrons. The molecule has 0 saturated heterocycles. The minimum absolute atomic E-state index is 0.0186. The van der Waals surface area contributed by atoms with Gasteiger partial charge in [0, 0.05) is 34.3 Å². The Labute approximate surface area is 156 Å². The number of hydrogen-bond acceptors (Lipinski definition) is 3. The first-order valence-electron chi connectivity index (χ1n) is 7.77. The second-order valence-corrected chi connectivity index (χ2v) is 6.52. The number of rotatable bonds is 3. The lowest BCUT2D eigenvalue weighted by molar-refractivity contribution is 0.102. The summed E-state index contributed by atoms with van der Waals surface area (Å²) in [4.78, 5) is 20.9. The maximum atomic E-state index is 13.8. The third kappa shape index (κ3) is 3.21. The molecular formula is C19H12BrFN4O. The summed E-state index contributed by atoms with van der Waals surface area (Å²) in [5.74, 6) is -0.460. The number of benzene rings is 2. The van der Waals surface area contributed by atoms with E-state index in [1.807, 2.05) is 35.0 Å². The van der Waals surface area contributed by atoms with E-state index in [4.69, 9.17) is 0 Å². The summed E-state index contributed by atoms with van der Waals surface area (Å²) >= 11 is 3.24. The van der Waals surface area contributed by atoms with Crippen molar-refractivity contribution in [1.82, 2.24) is 14.4 Å². The van der Waals surface area contributed by atoms with Crippen LogP contribution < -0.4 is 5.32 Å². The van der Waals surface area contributed by atoms with Crippen molar-refractivity contribution in [2.24, 2.45) is 0 Å². The molecule has 1 N–H and O–H groups in total. The zero-order valence-corrected chi connectivity index (χ0v) is 14.9. The van der Waals surface area contributed by atoms with Gasteiger partial charge in [-0.1, -0.05) is 28.1 Å². The normalized spacial score (nSPS) is 10.8. The van der Waals surface area contributed by atoms with Gasteiger partial charge in [-0.3, -0.25) is 9.20 Å². The Morgan fingerprint density at radius 2 is 1.96 bits per heavy atom. The first kappa shape index (κ1) is 16.4. The van der Waals surface area contributed by atoms with Gasteiger partial charge in [0.1, 0.15) is 5.82 Å². The number of hydrogen-bond donors (Lipinski definition) is 1. The summed E-state index contributed by atoms with van der Waals surface area (Å²) in [7, 11) is 0. The van der Waals surface area contributed by atoms with Crippen LogP contribution in [0.25, 0.3) is 17.0 Å². The fourth-order valence-electron chi connectivity index (χ4n) is 2.56. The number of amides is 1. The molecule has 2 aromatic carbocycles. The second-order valence-electron chi connectivity index (χ2n) is 5.61. The van der Waals surface area contributed by atoms with Gasteiger partial charge in [-0.2, -0.15) is 0 Å². The molecule has 0 fully saturated rings. The van der Waals surface area contributed by atoms with Crippen LogP contribution in [0, 0.1) is 5.82 Å². The van der Waals surface area contributed by atoms with E-state index in [9.17, 15) is 9.18 Å². The summed E-state index contributed by atoms with van der Waals surface area (Å²) in [6, 6.07) is 13.3. The van der Waals surface area contributed by atoms with E-state index >= 15 is 0 Å². The van der Waals surface area contributed by atoms with Crippen LogP contribution in [0.2, 0.25) is 0 Å². The number of fused-ring (bicyclic) bond motifs is 1. The minimum Gasteiger partial charge on any atom is -0.322 e. The van der Waals surface area contributed by atoms with Crippen LogP contribution >= 0.6 is 15.9 Å². The quantitative estimate of drug-likeness (QED) is 0.538. The highest BCUT2D eigenvalue weighted by Gasteiger charge is 2.13. The third-order valence-corrected chi connectivity index (χ3v) is 4.34. The first-order chi connectivity index (χ1) is 12.6. The molecule has 0 unspecified atom stereocenters. The maximum Gasteiger partial charge on any atom is 0.258 e. The predicted octanol–water partition coefficient (Wildman–Crippen LogP) is 4.55. The molecule has 2 heterocycles. The molecule has 0 saturated carbocycles. The van der Waals surface area contributed by atoms with Crippen molar-refractivity contribution in [2.75, 3.05) is 5.32 Å². The summed E-state index contributed by atoms with van der Waals surface area (Å²) < 4.78 is 16.3. The Bertz CT molecular complexity index is 1080. The van der Waals surface area contributed by atoms with Gasteiger partial charge in [0.15, 0.2) is 0 Å². The second kappa shape index (κ2) is 6.68. The van der Waals surface area contributed by atoms with Crippen molar-refractivity contribution in [3.8, 4) is 11.3 Å². The lowest BCUT2D eigenvalue weighted by atomic mass is 10.1. The molecule has 7 heteroatoms. The van der Waals surface area contributed by atoms with E-state index in [1.54, 1.807) is 24.4 Å². The van der Waals surface area contributed by atoms with Crippen LogP contribution in [0.3, 0.4) is 0 Å². The number of carbonyl (C=O) groups excluding carboxylic acids is 1. The van der Waals surface area contributed by atoms with Crippen molar-refractivity contribution in [3.63, 3.8) is 0 Å².